The number of ether oxygens (including phenoxy) is 1. The summed E-state index contributed by atoms with van der Waals surface area (Å²) in [5.74, 6) is -1.66. The molecule has 2 amide bonds. The summed E-state index contributed by atoms with van der Waals surface area (Å²) in [6.07, 6.45) is -1.38. The zero-order valence-corrected chi connectivity index (χ0v) is 18.2. The lowest BCUT2D eigenvalue weighted by atomic mass is 10.1. The largest absolute Gasteiger partial charge is 0.456 e. The molecule has 9 heteroatoms. The van der Waals surface area contributed by atoms with Crippen LogP contribution in [-0.2, 0) is 18.3 Å². The van der Waals surface area contributed by atoms with E-state index in [1.165, 1.54) is 0 Å². The van der Waals surface area contributed by atoms with Crippen LogP contribution in [0.2, 0.25) is 0 Å². The lowest BCUT2D eigenvalue weighted by Crippen LogP contribution is -2.40. The Labute approximate surface area is 180 Å². The van der Waals surface area contributed by atoms with Gasteiger partial charge >= 0.3 is 13.6 Å². The van der Waals surface area contributed by atoms with Gasteiger partial charge in [-0.15, -0.1) is 0 Å². The molecule has 0 aromatic heterocycles. The van der Waals surface area contributed by atoms with Crippen molar-refractivity contribution in [1.82, 2.24) is 4.90 Å². The molecule has 8 nitrogen and oxygen atoms in total. The maximum Gasteiger partial charge on any atom is 0.338 e. The first-order valence-electron chi connectivity index (χ1n) is 9.98. The zero-order valence-electron chi connectivity index (χ0n) is 17.4. The topological polar surface area (TPSA) is 99.2 Å². The number of carbonyl (C=O) groups is 3. The van der Waals surface area contributed by atoms with Crippen LogP contribution >= 0.6 is 7.60 Å². The average molecular weight is 445 g/mol. The van der Waals surface area contributed by atoms with Gasteiger partial charge in [-0.2, -0.15) is 0 Å². The smallest absolute Gasteiger partial charge is 0.338 e. The number of benzene rings is 2. The van der Waals surface area contributed by atoms with E-state index in [0.717, 1.165) is 4.90 Å². The number of nitrogens with zero attached hydrogens (tertiary/aromatic N) is 1. The minimum Gasteiger partial charge on any atom is -0.456 e. The quantitative estimate of drug-likeness (QED) is 0.312. The summed E-state index contributed by atoms with van der Waals surface area (Å²) in [6, 6.07) is 14.7. The average Bonchev–Trinajstić information content (AvgIpc) is 2.99. The van der Waals surface area contributed by atoms with Crippen molar-refractivity contribution in [3.8, 4) is 0 Å². The van der Waals surface area contributed by atoms with Crippen LogP contribution in [0.3, 0.4) is 0 Å². The number of hydrogen-bond donors (Lipinski definition) is 0. The van der Waals surface area contributed by atoms with Gasteiger partial charge in [-0.25, -0.2) is 4.79 Å². The highest BCUT2D eigenvalue weighted by Gasteiger charge is 2.39. The van der Waals surface area contributed by atoms with Crippen molar-refractivity contribution in [3.63, 3.8) is 0 Å². The fraction of sp³-hybridized carbons (Fsp3) is 0.318. The van der Waals surface area contributed by atoms with Gasteiger partial charge in [0.15, 0.2) is 0 Å². The molecule has 0 aliphatic carbocycles. The van der Waals surface area contributed by atoms with E-state index in [2.05, 4.69) is 0 Å². The Morgan fingerprint density at radius 2 is 1.42 bits per heavy atom. The number of carbonyl (C=O) groups excluding carboxylic acids is 3. The monoisotopic (exact) mass is 445 g/mol. The molecule has 164 valence electrons. The Morgan fingerprint density at radius 3 is 1.94 bits per heavy atom. The molecule has 2 aromatic carbocycles. The molecular formula is C22H24NO7P. The molecule has 0 saturated heterocycles. The Kier molecular flexibility index (Phi) is 7.38. The lowest BCUT2D eigenvalue weighted by Gasteiger charge is -2.26. The van der Waals surface area contributed by atoms with E-state index >= 15 is 0 Å². The van der Waals surface area contributed by atoms with Gasteiger partial charge in [0.05, 0.1) is 42.6 Å². The van der Waals surface area contributed by atoms with Crippen LogP contribution in [0, 0.1) is 0 Å². The highest BCUT2D eigenvalue weighted by atomic mass is 31.2. The summed E-state index contributed by atoms with van der Waals surface area (Å²) < 4.78 is 29.3. The molecule has 31 heavy (non-hydrogen) atoms. The number of hydrogen-bond acceptors (Lipinski definition) is 7. The number of amides is 2. The summed E-state index contributed by atoms with van der Waals surface area (Å²) >= 11 is 0. The molecular weight excluding hydrogens is 421 g/mol. The van der Waals surface area contributed by atoms with Crippen molar-refractivity contribution in [2.45, 2.75) is 20.0 Å². The van der Waals surface area contributed by atoms with Crippen molar-refractivity contribution < 1.29 is 32.7 Å². The third-order valence-electron chi connectivity index (χ3n) is 4.63. The molecule has 1 heterocycles. The SMILES string of the molecule is CCOP(=O)(CC(CN1C(=O)c2ccccc2C1=O)OC(=O)c1ccccc1)OCC. The number of imide groups is 1. The van der Waals surface area contributed by atoms with E-state index in [1.54, 1.807) is 68.4 Å². The number of rotatable bonds is 10. The molecule has 0 N–H and O–H groups in total. The second kappa shape index (κ2) is 10.0. The maximum atomic E-state index is 13.1. The fourth-order valence-corrected chi connectivity index (χ4v) is 5.08. The molecule has 0 spiro atoms. The third-order valence-corrected chi connectivity index (χ3v) is 6.78. The van der Waals surface area contributed by atoms with E-state index in [4.69, 9.17) is 13.8 Å². The molecule has 0 saturated carbocycles. The molecule has 1 aliphatic rings. The summed E-state index contributed by atoms with van der Waals surface area (Å²) in [7, 11) is -3.62. The Bertz CT molecular complexity index is 963. The first-order chi connectivity index (χ1) is 14.9. The third kappa shape index (κ3) is 5.28. The maximum absolute atomic E-state index is 13.1. The minimum atomic E-state index is -3.62. The van der Waals surface area contributed by atoms with Gasteiger partial charge in [0.25, 0.3) is 11.8 Å². The molecule has 3 rings (SSSR count). The predicted octanol–water partition coefficient (Wildman–Crippen LogP) is 3.77. The first kappa shape index (κ1) is 22.9. The number of fused-ring (bicyclic) bond motifs is 1. The molecule has 1 aliphatic heterocycles. The van der Waals surface area contributed by atoms with Crippen LogP contribution in [0.1, 0.15) is 44.9 Å². The van der Waals surface area contributed by atoms with Crippen LogP contribution in [0.4, 0.5) is 0 Å². The molecule has 0 bridgehead atoms. The van der Waals surface area contributed by atoms with Gasteiger partial charge in [0, 0.05) is 0 Å². The molecule has 1 unspecified atom stereocenters. The molecule has 0 fully saturated rings. The Balaban J connectivity index is 1.85. The van der Waals surface area contributed by atoms with Crippen molar-refractivity contribution in [1.29, 1.82) is 0 Å². The highest BCUT2D eigenvalue weighted by molar-refractivity contribution is 7.53. The molecule has 1 atom stereocenters. The van der Waals surface area contributed by atoms with Crippen LogP contribution in [0.15, 0.2) is 54.6 Å². The van der Waals surface area contributed by atoms with Gasteiger partial charge in [-0.1, -0.05) is 30.3 Å². The van der Waals surface area contributed by atoms with Crippen LogP contribution in [0.25, 0.3) is 0 Å². The van der Waals surface area contributed by atoms with E-state index in [1.807, 2.05) is 0 Å². The first-order valence-corrected chi connectivity index (χ1v) is 11.7. The summed E-state index contributed by atoms with van der Waals surface area (Å²) in [5.41, 5.74) is 0.842. The zero-order chi connectivity index (χ0) is 22.4. The highest BCUT2D eigenvalue weighted by Crippen LogP contribution is 2.49. The Hall–Kier alpha value is -2.80. The summed E-state index contributed by atoms with van der Waals surface area (Å²) in [4.78, 5) is 39.1. The van der Waals surface area contributed by atoms with E-state index in [-0.39, 0.29) is 42.6 Å². The molecule has 0 radical (unpaired) electrons. The van der Waals surface area contributed by atoms with E-state index in [0.29, 0.717) is 0 Å². The van der Waals surface area contributed by atoms with Crippen molar-refractivity contribution in [3.05, 3.63) is 71.3 Å². The van der Waals surface area contributed by atoms with Gasteiger partial charge in [0.2, 0.25) is 0 Å². The fourth-order valence-electron chi connectivity index (χ4n) is 3.32. The van der Waals surface area contributed by atoms with Crippen LogP contribution in [-0.4, -0.2) is 54.7 Å². The van der Waals surface area contributed by atoms with Gasteiger partial charge < -0.3 is 13.8 Å². The van der Waals surface area contributed by atoms with E-state index in [9.17, 15) is 18.9 Å². The van der Waals surface area contributed by atoms with Crippen LogP contribution in [0.5, 0.6) is 0 Å². The summed E-state index contributed by atoms with van der Waals surface area (Å²) in [5, 5.41) is 0. The Morgan fingerprint density at radius 1 is 0.903 bits per heavy atom. The normalized spacial score (nSPS) is 14.5. The van der Waals surface area contributed by atoms with Crippen molar-refractivity contribution in [2.24, 2.45) is 0 Å². The minimum absolute atomic E-state index is 0.129. The van der Waals surface area contributed by atoms with Gasteiger partial charge in [-0.3, -0.25) is 19.1 Å². The van der Waals surface area contributed by atoms with E-state index < -0.39 is 31.5 Å². The van der Waals surface area contributed by atoms with Gasteiger partial charge in [-0.05, 0) is 38.1 Å². The predicted molar refractivity (Wildman–Crippen MR) is 113 cm³/mol. The second-order valence-electron chi connectivity index (χ2n) is 6.79. The lowest BCUT2D eigenvalue weighted by molar-refractivity contribution is 0.0230. The van der Waals surface area contributed by atoms with Crippen LogP contribution < -0.4 is 0 Å². The van der Waals surface area contributed by atoms with Gasteiger partial charge in [0.1, 0.15) is 6.10 Å². The second-order valence-corrected chi connectivity index (χ2v) is 8.89. The standard InChI is InChI=1S/C22H24NO7P/c1-3-28-31(27,29-4-2)15-17(30-22(26)16-10-6-5-7-11-16)14-23-20(24)18-12-8-9-13-19(18)21(23)25/h5-13,17H,3-4,14-15H2,1-2H3. The van der Waals surface area contributed by atoms with Crippen molar-refractivity contribution >= 4 is 25.4 Å². The van der Waals surface area contributed by atoms with Crippen molar-refractivity contribution in [2.75, 3.05) is 25.9 Å². The summed E-state index contributed by atoms with van der Waals surface area (Å²) in [6.45, 7) is 3.32. The molecule has 2 aromatic rings. The number of esters is 1.